The van der Waals surface area contributed by atoms with Gasteiger partial charge in [0.1, 0.15) is 5.76 Å². The number of nitrogens with one attached hydrogen (secondary N) is 2. The Morgan fingerprint density at radius 2 is 2.08 bits per heavy atom. The molecule has 0 bridgehead atoms. The van der Waals surface area contributed by atoms with Gasteiger partial charge < -0.3 is 19.0 Å². The fourth-order valence-corrected chi connectivity index (χ4v) is 2.87. The van der Waals surface area contributed by atoms with Crippen LogP contribution in [0.3, 0.4) is 0 Å². The van der Waals surface area contributed by atoms with E-state index in [1.165, 1.54) is 6.26 Å². The zero-order chi connectivity index (χ0) is 18.7. The van der Waals surface area contributed by atoms with Crippen LogP contribution in [0, 0.1) is 13.8 Å². The maximum Gasteiger partial charge on any atom is 0.340 e. The third-order valence-electron chi connectivity index (χ3n) is 4.21. The quantitative estimate of drug-likeness (QED) is 0.770. The second kappa shape index (κ2) is 7.47. The number of carbonyl (C=O) groups excluding carboxylic acids is 3. The van der Waals surface area contributed by atoms with E-state index in [0.717, 1.165) is 24.2 Å². The predicted molar refractivity (Wildman–Crippen MR) is 91.5 cm³/mol. The number of esters is 1. The van der Waals surface area contributed by atoms with Gasteiger partial charge in [-0.1, -0.05) is 0 Å². The van der Waals surface area contributed by atoms with Gasteiger partial charge in [-0.15, -0.1) is 0 Å². The highest BCUT2D eigenvalue weighted by Crippen LogP contribution is 2.38. The van der Waals surface area contributed by atoms with Crippen molar-refractivity contribution in [1.82, 2.24) is 15.2 Å². The first-order valence-corrected chi connectivity index (χ1v) is 8.41. The van der Waals surface area contributed by atoms with Crippen molar-refractivity contribution >= 4 is 17.9 Å². The number of carbonyl (C=O) groups is 3. The first kappa shape index (κ1) is 17.8. The molecule has 2 aromatic heterocycles. The average Bonchev–Trinajstić information content (AvgIpc) is 3.19. The largest absolute Gasteiger partial charge is 0.467 e. The van der Waals surface area contributed by atoms with Crippen molar-refractivity contribution < 1.29 is 23.5 Å². The molecular formula is C18H21N3O5. The Hall–Kier alpha value is -3.03. The molecule has 0 aliphatic heterocycles. The lowest BCUT2D eigenvalue weighted by Gasteiger charge is -2.08. The van der Waals surface area contributed by atoms with E-state index in [-0.39, 0.29) is 6.54 Å². The molecule has 1 aliphatic rings. The molecule has 3 rings (SSSR count). The highest BCUT2D eigenvalue weighted by molar-refractivity contribution is 5.97. The summed E-state index contributed by atoms with van der Waals surface area (Å²) in [7, 11) is 0. The lowest BCUT2D eigenvalue weighted by atomic mass is 10.2. The summed E-state index contributed by atoms with van der Waals surface area (Å²) < 4.78 is 12.2. The molecule has 3 amide bonds. The predicted octanol–water partition coefficient (Wildman–Crippen LogP) is 2.22. The molecule has 1 aliphatic carbocycles. The standard InChI is InChI=1S/C18H21N3O5/c1-11-8-15(12(2)21(11)13-5-6-13)17(23)26-10-16(22)20-18(24)19-9-14-4-3-7-25-14/h3-4,7-8,13H,5-6,9-10H2,1-2H3,(H2,19,20,22,24). The van der Waals surface area contributed by atoms with Crippen molar-refractivity contribution in [1.29, 1.82) is 0 Å². The van der Waals surface area contributed by atoms with Gasteiger partial charge in [-0.05, 0) is 44.9 Å². The third-order valence-corrected chi connectivity index (χ3v) is 4.21. The van der Waals surface area contributed by atoms with E-state index in [0.29, 0.717) is 17.4 Å². The zero-order valence-corrected chi connectivity index (χ0v) is 14.7. The van der Waals surface area contributed by atoms with Gasteiger partial charge in [-0.2, -0.15) is 0 Å². The molecular weight excluding hydrogens is 338 g/mol. The lowest BCUT2D eigenvalue weighted by Crippen LogP contribution is -2.41. The van der Waals surface area contributed by atoms with Crippen molar-refractivity contribution in [2.24, 2.45) is 0 Å². The minimum Gasteiger partial charge on any atom is -0.467 e. The number of hydrogen-bond donors (Lipinski definition) is 2. The summed E-state index contributed by atoms with van der Waals surface area (Å²) in [4.78, 5) is 35.6. The van der Waals surface area contributed by atoms with Gasteiger partial charge in [0.15, 0.2) is 6.61 Å². The van der Waals surface area contributed by atoms with Crippen LogP contribution >= 0.6 is 0 Å². The number of rotatable bonds is 6. The van der Waals surface area contributed by atoms with E-state index < -0.39 is 24.5 Å². The Kier molecular flexibility index (Phi) is 5.11. The molecule has 1 fully saturated rings. The number of urea groups is 1. The number of nitrogens with zero attached hydrogens (tertiary/aromatic N) is 1. The van der Waals surface area contributed by atoms with Gasteiger partial charge in [0.05, 0.1) is 18.4 Å². The summed E-state index contributed by atoms with van der Waals surface area (Å²) in [5.41, 5.74) is 2.29. The molecule has 8 nitrogen and oxygen atoms in total. The number of amides is 3. The summed E-state index contributed by atoms with van der Waals surface area (Å²) in [6.07, 6.45) is 3.71. The third kappa shape index (κ3) is 4.14. The average molecular weight is 359 g/mol. The van der Waals surface area contributed by atoms with E-state index in [1.807, 2.05) is 13.8 Å². The SMILES string of the molecule is Cc1cc(C(=O)OCC(=O)NC(=O)NCc2ccco2)c(C)n1C1CC1. The van der Waals surface area contributed by atoms with Crippen LogP contribution in [0.4, 0.5) is 4.79 Å². The van der Waals surface area contributed by atoms with Crippen molar-refractivity contribution in [3.05, 3.63) is 47.2 Å². The monoisotopic (exact) mass is 359 g/mol. The van der Waals surface area contributed by atoms with Gasteiger partial charge in [0.2, 0.25) is 0 Å². The topological polar surface area (TPSA) is 103 Å². The van der Waals surface area contributed by atoms with E-state index >= 15 is 0 Å². The van der Waals surface area contributed by atoms with Crippen molar-refractivity contribution in [3.63, 3.8) is 0 Å². The molecule has 2 heterocycles. The van der Waals surface area contributed by atoms with Gasteiger partial charge in [-0.25, -0.2) is 9.59 Å². The van der Waals surface area contributed by atoms with Crippen LogP contribution in [0.2, 0.25) is 0 Å². The Morgan fingerprint density at radius 3 is 2.73 bits per heavy atom. The van der Waals surface area contributed by atoms with E-state index in [1.54, 1.807) is 18.2 Å². The molecule has 1 saturated carbocycles. The zero-order valence-electron chi connectivity index (χ0n) is 14.7. The molecule has 138 valence electrons. The van der Waals surface area contributed by atoms with Crippen LogP contribution in [0.25, 0.3) is 0 Å². The van der Waals surface area contributed by atoms with Gasteiger partial charge in [0, 0.05) is 17.4 Å². The molecule has 26 heavy (non-hydrogen) atoms. The molecule has 0 spiro atoms. The van der Waals surface area contributed by atoms with Crippen LogP contribution in [-0.4, -0.2) is 29.1 Å². The molecule has 0 unspecified atom stereocenters. The molecule has 0 radical (unpaired) electrons. The van der Waals surface area contributed by atoms with Crippen LogP contribution in [0.5, 0.6) is 0 Å². The fourth-order valence-electron chi connectivity index (χ4n) is 2.87. The first-order valence-electron chi connectivity index (χ1n) is 8.41. The Balaban J connectivity index is 1.46. The summed E-state index contributed by atoms with van der Waals surface area (Å²) in [5, 5.41) is 4.56. The molecule has 0 atom stereocenters. The number of ether oxygens (including phenoxy) is 1. The maximum absolute atomic E-state index is 12.2. The highest BCUT2D eigenvalue weighted by atomic mass is 16.5. The molecule has 2 N–H and O–H groups in total. The summed E-state index contributed by atoms with van der Waals surface area (Å²) in [5.74, 6) is -0.715. The van der Waals surface area contributed by atoms with Crippen LogP contribution in [0.15, 0.2) is 28.9 Å². The minimum atomic E-state index is -0.703. The normalized spacial score (nSPS) is 13.3. The van der Waals surface area contributed by atoms with Crippen LogP contribution in [-0.2, 0) is 16.1 Å². The Labute approximate surface area is 150 Å². The van der Waals surface area contributed by atoms with Gasteiger partial charge in [-0.3, -0.25) is 10.1 Å². The minimum absolute atomic E-state index is 0.152. The smallest absolute Gasteiger partial charge is 0.340 e. The summed E-state index contributed by atoms with van der Waals surface area (Å²) in [6.45, 7) is 3.43. The number of imide groups is 1. The number of aryl methyl sites for hydroxylation is 1. The highest BCUT2D eigenvalue weighted by Gasteiger charge is 2.28. The summed E-state index contributed by atoms with van der Waals surface area (Å²) >= 11 is 0. The Bertz CT molecular complexity index is 818. The molecule has 0 aromatic carbocycles. The molecule has 2 aromatic rings. The number of hydrogen-bond acceptors (Lipinski definition) is 5. The fraction of sp³-hybridized carbons (Fsp3) is 0.389. The molecule has 8 heteroatoms. The Morgan fingerprint density at radius 1 is 1.31 bits per heavy atom. The second-order valence-corrected chi connectivity index (χ2v) is 6.27. The van der Waals surface area contributed by atoms with E-state index in [4.69, 9.17) is 9.15 Å². The van der Waals surface area contributed by atoms with E-state index in [9.17, 15) is 14.4 Å². The van der Waals surface area contributed by atoms with Crippen molar-refractivity contribution in [2.45, 2.75) is 39.3 Å². The van der Waals surface area contributed by atoms with Crippen molar-refractivity contribution in [2.75, 3.05) is 6.61 Å². The molecule has 0 saturated heterocycles. The summed E-state index contributed by atoms with van der Waals surface area (Å²) in [6, 6.07) is 4.93. The van der Waals surface area contributed by atoms with Crippen LogP contribution in [0.1, 0.15) is 46.4 Å². The van der Waals surface area contributed by atoms with Gasteiger partial charge >= 0.3 is 12.0 Å². The number of furan rings is 1. The van der Waals surface area contributed by atoms with Crippen LogP contribution < -0.4 is 10.6 Å². The van der Waals surface area contributed by atoms with Gasteiger partial charge in [0.25, 0.3) is 5.91 Å². The van der Waals surface area contributed by atoms with E-state index in [2.05, 4.69) is 15.2 Å². The first-order chi connectivity index (χ1) is 12.5. The second-order valence-electron chi connectivity index (χ2n) is 6.27. The van der Waals surface area contributed by atoms with Crippen molar-refractivity contribution in [3.8, 4) is 0 Å². The number of aromatic nitrogens is 1. The lowest BCUT2D eigenvalue weighted by molar-refractivity contribution is -0.123. The maximum atomic E-state index is 12.2.